The van der Waals surface area contributed by atoms with Gasteiger partial charge in [0.1, 0.15) is 0 Å². The van der Waals surface area contributed by atoms with Crippen LogP contribution < -0.4 is 10.6 Å². The summed E-state index contributed by atoms with van der Waals surface area (Å²) in [6.07, 6.45) is 6.56. The smallest absolute Gasteiger partial charge is 0.318 e. The Labute approximate surface area is 166 Å². The molecule has 2 fully saturated rings. The summed E-state index contributed by atoms with van der Waals surface area (Å²) in [5.41, 5.74) is 0. The van der Waals surface area contributed by atoms with Crippen molar-refractivity contribution in [1.29, 1.82) is 0 Å². The molecule has 3 amide bonds. The van der Waals surface area contributed by atoms with Crippen LogP contribution >= 0.6 is 11.8 Å². The molecule has 8 heteroatoms. The molecule has 2 aliphatic heterocycles. The summed E-state index contributed by atoms with van der Waals surface area (Å²) in [4.78, 5) is 36.8. The third-order valence-electron chi connectivity index (χ3n) is 5.30. The van der Waals surface area contributed by atoms with Crippen molar-refractivity contribution in [3.63, 3.8) is 0 Å². The number of likely N-dealkylation sites (N-methyl/N-ethyl adjacent to an activating group) is 1. The van der Waals surface area contributed by atoms with Gasteiger partial charge in [-0.05, 0) is 32.6 Å². The highest BCUT2D eigenvalue weighted by Crippen LogP contribution is 2.37. The average molecular weight is 400 g/mol. The van der Waals surface area contributed by atoms with Gasteiger partial charge in [-0.3, -0.25) is 9.59 Å². The number of nitrogens with zero attached hydrogens (tertiary/aromatic N) is 1. The van der Waals surface area contributed by atoms with Crippen molar-refractivity contribution in [3.8, 4) is 0 Å². The van der Waals surface area contributed by atoms with E-state index in [1.807, 2.05) is 23.6 Å². The Morgan fingerprint density at radius 3 is 2.74 bits per heavy atom. The molecule has 2 rings (SSSR count). The first-order chi connectivity index (χ1) is 13.1. The lowest BCUT2D eigenvalue weighted by Gasteiger charge is -2.26. The van der Waals surface area contributed by atoms with Crippen molar-refractivity contribution in [2.24, 2.45) is 0 Å². The number of carbonyl (C=O) groups excluding carboxylic acids is 3. The maximum atomic E-state index is 11.9. The Kier molecular flexibility index (Phi) is 9.24. The van der Waals surface area contributed by atoms with Gasteiger partial charge in [-0.25, -0.2) is 4.79 Å². The summed E-state index contributed by atoms with van der Waals surface area (Å²) in [6, 6.07) is 0.671. The van der Waals surface area contributed by atoms with Gasteiger partial charge in [0.2, 0.25) is 5.91 Å². The SMILES string of the molecule is CCN1C(=O)N[C@H]2CS[C@@H](CCCCC(=O)NCCCCCC(=O)OC)[C@H]21. The minimum atomic E-state index is -0.175. The monoisotopic (exact) mass is 399 g/mol. The van der Waals surface area contributed by atoms with Crippen LogP contribution in [0.4, 0.5) is 4.79 Å². The summed E-state index contributed by atoms with van der Waals surface area (Å²) in [5.74, 6) is 0.923. The molecule has 2 N–H and O–H groups in total. The van der Waals surface area contributed by atoms with Crippen molar-refractivity contribution in [3.05, 3.63) is 0 Å². The molecule has 0 saturated carbocycles. The van der Waals surface area contributed by atoms with Crippen LogP contribution in [0.5, 0.6) is 0 Å². The number of hydrogen-bond acceptors (Lipinski definition) is 5. The molecule has 0 radical (unpaired) electrons. The van der Waals surface area contributed by atoms with Crippen LogP contribution in [0.3, 0.4) is 0 Å². The minimum absolute atomic E-state index is 0.0729. The van der Waals surface area contributed by atoms with Crippen molar-refractivity contribution >= 4 is 29.7 Å². The second kappa shape index (κ2) is 11.4. The number of amides is 3. The van der Waals surface area contributed by atoms with Crippen molar-refractivity contribution < 1.29 is 19.1 Å². The fourth-order valence-electron chi connectivity index (χ4n) is 3.83. The largest absolute Gasteiger partial charge is 0.469 e. The number of ether oxygens (including phenoxy) is 1. The first kappa shape index (κ1) is 21.9. The Morgan fingerprint density at radius 1 is 1.22 bits per heavy atom. The lowest BCUT2D eigenvalue weighted by atomic mass is 10.0. The normalized spacial score (nSPS) is 23.9. The maximum absolute atomic E-state index is 11.9. The molecule has 0 bridgehead atoms. The first-order valence-corrected chi connectivity index (χ1v) is 11.1. The maximum Gasteiger partial charge on any atom is 0.318 e. The Bertz CT molecular complexity index is 517. The van der Waals surface area contributed by atoms with Crippen LogP contribution in [0.1, 0.15) is 58.3 Å². The van der Waals surface area contributed by atoms with Gasteiger partial charge in [-0.15, -0.1) is 0 Å². The Morgan fingerprint density at radius 2 is 2.00 bits per heavy atom. The molecular formula is C19H33N3O4S. The second-order valence-corrected chi connectivity index (χ2v) is 8.46. The highest BCUT2D eigenvalue weighted by atomic mass is 32.2. The van der Waals surface area contributed by atoms with Crippen molar-refractivity contribution in [2.45, 2.75) is 75.6 Å². The quantitative estimate of drug-likeness (QED) is 0.299. The van der Waals surface area contributed by atoms with E-state index in [-0.39, 0.29) is 23.9 Å². The molecule has 154 valence electrons. The molecule has 0 spiro atoms. The van der Waals surface area contributed by atoms with Gasteiger partial charge in [-0.1, -0.05) is 12.8 Å². The summed E-state index contributed by atoms with van der Waals surface area (Å²) in [7, 11) is 1.40. The number of carbonyl (C=O) groups is 3. The molecular weight excluding hydrogens is 366 g/mol. The predicted octanol–water partition coefficient (Wildman–Crippen LogP) is 2.29. The number of fused-ring (bicyclic) bond motifs is 1. The first-order valence-electron chi connectivity index (χ1n) is 10.1. The van der Waals surface area contributed by atoms with Gasteiger partial charge in [-0.2, -0.15) is 11.8 Å². The number of rotatable bonds is 12. The molecule has 2 saturated heterocycles. The number of methoxy groups -OCH3 is 1. The highest BCUT2D eigenvalue weighted by Gasteiger charge is 2.47. The zero-order chi connectivity index (χ0) is 19.6. The van der Waals surface area contributed by atoms with Gasteiger partial charge in [0.25, 0.3) is 0 Å². The number of thioether (sulfide) groups is 1. The van der Waals surface area contributed by atoms with E-state index in [0.29, 0.717) is 30.7 Å². The number of urea groups is 1. The fourth-order valence-corrected chi connectivity index (χ4v) is 5.44. The summed E-state index contributed by atoms with van der Waals surface area (Å²) < 4.78 is 4.59. The van der Waals surface area contributed by atoms with Crippen LogP contribution in [0.25, 0.3) is 0 Å². The zero-order valence-corrected chi connectivity index (χ0v) is 17.3. The van der Waals surface area contributed by atoms with Crippen LogP contribution in [0, 0.1) is 0 Å². The van der Waals surface area contributed by atoms with Crippen molar-refractivity contribution in [1.82, 2.24) is 15.5 Å². The minimum Gasteiger partial charge on any atom is -0.469 e. The van der Waals surface area contributed by atoms with E-state index in [2.05, 4.69) is 15.4 Å². The summed E-state index contributed by atoms with van der Waals surface area (Å²) in [6.45, 7) is 3.45. The zero-order valence-electron chi connectivity index (χ0n) is 16.5. The number of nitrogens with one attached hydrogen (secondary N) is 2. The highest BCUT2D eigenvalue weighted by molar-refractivity contribution is 8.00. The third kappa shape index (κ3) is 6.59. The van der Waals surface area contributed by atoms with Crippen LogP contribution in [-0.2, 0) is 14.3 Å². The van der Waals surface area contributed by atoms with Crippen LogP contribution in [-0.4, -0.2) is 66.1 Å². The molecule has 7 nitrogen and oxygen atoms in total. The van der Waals surface area contributed by atoms with Crippen LogP contribution in [0.15, 0.2) is 0 Å². The Hall–Kier alpha value is -1.44. The Balaban J connectivity index is 1.51. The number of unbranched alkanes of at least 4 members (excludes halogenated alkanes) is 3. The van der Waals surface area contributed by atoms with Gasteiger partial charge in [0.05, 0.1) is 19.2 Å². The molecule has 0 aromatic carbocycles. The van der Waals surface area contributed by atoms with Crippen LogP contribution in [0.2, 0.25) is 0 Å². The molecule has 0 unspecified atom stereocenters. The van der Waals surface area contributed by atoms with E-state index in [0.717, 1.165) is 50.8 Å². The molecule has 2 aliphatic rings. The lowest BCUT2D eigenvalue weighted by Crippen LogP contribution is -2.40. The van der Waals surface area contributed by atoms with E-state index in [1.54, 1.807) is 0 Å². The lowest BCUT2D eigenvalue weighted by molar-refractivity contribution is -0.140. The molecule has 27 heavy (non-hydrogen) atoms. The summed E-state index contributed by atoms with van der Waals surface area (Å²) >= 11 is 1.95. The van der Waals surface area contributed by atoms with Gasteiger partial charge >= 0.3 is 12.0 Å². The van der Waals surface area contributed by atoms with Crippen molar-refractivity contribution in [2.75, 3.05) is 26.0 Å². The van der Waals surface area contributed by atoms with E-state index >= 15 is 0 Å². The number of hydrogen-bond donors (Lipinski definition) is 2. The topological polar surface area (TPSA) is 87.7 Å². The van der Waals surface area contributed by atoms with E-state index in [9.17, 15) is 14.4 Å². The van der Waals surface area contributed by atoms with E-state index in [4.69, 9.17) is 0 Å². The number of esters is 1. The molecule has 2 heterocycles. The molecule has 3 atom stereocenters. The predicted molar refractivity (Wildman–Crippen MR) is 107 cm³/mol. The van der Waals surface area contributed by atoms with Gasteiger partial charge in [0, 0.05) is 36.9 Å². The van der Waals surface area contributed by atoms with E-state index in [1.165, 1.54) is 7.11 Å². The van der Waals surface area contributed by atoms with Gasteiger partial charge in [0.15, 0.2) is 0 Å². The fraction of sp³-hybridized carbons (Fsp3) is 0.842. The van der Waals surface area contributed by atoms with E-state index < -0.39 is 0 Å². The standard InChI is InChI=1S/C19H33N3O4S/c1-3-22-18-14(21-19(22)25)13-27-15(18)9-6-7-10-16(23)20-12-8-4-5-11-17(24)26-2/h14-15,18H,3-13H2,1-2H3,(H,20,23)(H,21,25)/t14-,15-,18-/m0/s1. The molecule has 0 aromatic rings. The van der Waals surface area contributed by atoms with Gasteiger partial charge < -0.3 is 20.3 Å². The third-order valence-corrected chi connectivity index (χ3v) is 6.80. The second-order valence-electron chi connectivity index (χ2n) is 7.19. The average Bonchev–Trinajstić information content (AvgIpc) is 3.19. The molecule has 0 aliphatic carbocycles. The summed E-state index contributed by atoms with van der Waals surface area (Å²) in [5, 5.41) is 6.51. The molecule has 0 aromatic heterocycles.